The number of esters is 1. The SMILES string of the molecule is CCOC(=O)c1cc(S(=O)(=O)Cl)nn1-c1ccccc1. The molecule has 0 fully saturated rings. The van der Waals surface area contributed by atoms with Gasteiger partial charge in [-0.05, 0) is 19.1 Å². The summed E-state index contributed by atoms with van der Waals surface area (Å²) in [4.78, 5) is 11.9. The highest BCUT2D eigenvalue weighted by Crippen LogP contribution is 2.19. The van der Waals surface area contributed by atoms with Gasteiger partial charge in [-0.25, -0.2) is 17.9 Å². The van der Waals surface area contributed by atoms with Gasteiger partial charge in [0, 0.05) is 16.7 Å². The summed E-state index contributed by atoms with van der Waals surface area (Å²) in [5, 5.41) is 3.45. The largest absolute Gasteiger partial charge is 0.461 e. The van der Waals surface area contributed by atoms with Crippen molar-refractivity contribution >= 4 is 25.7 Å². The molecule has 0 radical (unpaired) electrons. The van der Waals surface area contributed by atoms with E-state index in [1.165, 1.54) is 4.68 Å². The second-order valence-corrected chi connectivity index (χ2v) is 6.29. The standard InChI is InChI=1S/C12H11ClN2O4S/c1-2-19-12(16)10-8-11(20(13,17)18)14-15(10)9-6-4-3-5-7-9/h3-8H,2H2,1H3. The van der Waals surface area contributed by atoms with E-state index in [1.807, 2.05) is 0 Å². The van der Waals surface area contributed by atoms with E-state index in [4.69, 9.17) is 15.4 Å². The van der Waals surface area contributed by atoms with Crippen LogP contribution in [0.3, 0.4) is 0 Å². The molecule has 6 nitrogen and oxygen atoms in total. The molecule has 2 aromatic rings. The van der Waals surface area contributed by atoms with Gasteiger partial charge >= 0.3 is 5.97 Å². The van der Waals surface area contributed by atoms with Gasteiger partial charge in [-0.3, -0.25) is 0 Å². The van der Waals surface area contributed by atoms with Crippen LogP contribution < -0.4 is 0 Å². The molecular formula is C12H11ClN2O4S. The summed E-state index contributed by atoms with van der Waals surface area (Å²) < 4.78 is 28.8. The molecule has 0 saturated heterocycles. The first kappa shape index (κ1) is 14.5. The van der Waals surface area contributed by atoms with E-state index in [0.717, 1.165) is 6.07 Å². The van der Waals surface area contributed by atoms with Gasteiger partial charge < -0.3 is 4.74 Å². The van der Waals surface area contributed by atoms with Crippen LogP contribution >= 0.6 is 10.7 Å². The lowest BCUT2D eigenvalue weighted by molar-refractivity contribution is 0.0515. The van der Waals surface area contributed by atoms with Crippen LogP contribution in [0.15, 0.2) is 41.4 Å². The Labute approximate surface area is 120 Å². The molecule has 1 heterocycles. The van der Waals surface area contributed by atoms with Gasteiger partial charge in [0.25, 0.3) is 9.05 Å². The highest BCUT2D eigenvalue weighted by Gasteiger charge is 2.23. The Kier molecular flexibility index (Phi) is 4.10. The molecule has 0 atom stereocenters. The maximum Gasteiger partial charge on any atom is 0.357 e. The van der Waals surface area contributed by atoms with E-state index in [0.29, 0.717) is 5.69 Å². The number of benzene rings is 1. The topological polar surface area (TPSA) is 78.3 Å². The van der Waals surface area contributed by atoms with E-state index in [-0.39, 0.29) is 12.3 Å². The molecule has 0 amide bonds. The van der Waals surface area contributed by atoms with Crippen LogP contribution in [-0.4, -0.2) is 30.8 Å². The van der Waals surface area contributed by atoms with Crippen LogP contribution in [-0.2, 0) is 13.8 Å². The number of hydrogen-bond acceptors (Lipinski definition) is 5. The Morgan fingerprint density at radius 3 is 2.55 bits per heavy atom. The van der Waals surface area contributed by atoms with E-state index in [2.05, 4.69) is 5.10 Å². The summed E-state index contributed by atoms with van der Waals surface area (Å²) in [6.07, 6.45) is 0. The average Bonchev–Trinajstić information content (AvgIpc) is 2.85. The maximum absolute atomic E-state index is 11.9. The fraction of sp³-hybridized carbons (Fsp3) is 0.167. The summed E-state index contributed by atoms with van der Waals surface area (Å²) in [6.45, 7) is 1.82. The monoisotopic (exact) mass is 314 g/mol. The van der Waals surface area contributed by atoms with Crippen molar-refractivity contribution in [3.05, 3.63) is 42.1 Å². The maximum atomic E-state index is 11.9. The summed E-state index contributed by atoms with van der Waals surface area (Å²) in [7, 11) is 1.23. The molecule has 1 aromatic heterocycles. The zero-order chi connectivity index (χ0) is 14.8. The molecule has 0 bridgehead atoms. The van der Waals surface area contributed by atoms with Crippen molar-refractivity contribution in [2.75, 3.05) is 6.61 Å². The first-order chi connectivity index (χ1) is 9.43. The Bertz CT molecular complexity index is 725. The normalized spacial score (nSPS) is 11.3. The molecule has 20 heavy (non-hydrogen) atoms. The van der Waals surface area contributed by atoms with Crippen LogP contribution in [0, 0.1) is 0 Å². The van der Waals surface area contributed by atoms with Crippen molar-refractivity contribution in [1.82, 2.24) is 9.78 Å². The lowest BCUT2D eigenvalue weighted by atomic mass is 10.3. The van der Waals surface area contributed by atoms with Crippen molar-refractivity contribution in [1.29, 1.82) is 0 Å². The number of hydrogen-bond donors (Lipinski definition) is 0. The smallest absolute Gasteiger partial charge is 0.357 e. The van der Waals surface area contributed by atoms with Crippen molar-refractivity contribution in [3.8, 4) is 5.69 Å². The molecule has 0 N–H and O–H groups in total. The number of nitrogens with zero attached hydrogens (tertiary/aromatic N) is 2. The molecule has 0 aliphatic rings. The number of aromatic nitrogens is 2. The van der Waals surface area contributed by atoms with Crippen molar-refractivity contribution in [2.45, 2.75) is 11.9 Å². The van der Waals surface area contributed by atoms with Gasteiger partial charge in [-0.1, -0.05) is 18.2 Å². The zero-order valence-electron chi connectivity index (χ0n) is 10.5. The van der Waals surface area contributed by atoms with Gasteiger partial charge in [0.2, 0.25) is 0 Å². The number of carbonyl (C=O) groups is 1. The van der Waals surface area contributed by atoms with Crippen LogP contribution in [0.1, 0.15) is 17.4 Å². The molecule has 106 valence electrons. The third kappa shape index (κ3) is 3.00. The fourth-order valence-corrected chi connectivity index (χ4v) is 2.25. The first-order valence-corrected chi connectivity index (χ1v) is 8.01. The highest BCUT2D eigenvalue weighted by molar-refractivity contribution is 8.13. The quantitative estimate of drug-likeness (QED) is 0.637. The van der Waals surface area contributed by atoms with E-state index in [9.17, 15) is 13.2 Å². The van der Waals surface area contributed by atoms with E-state index >= 15 is 0 Å². The first-order valence-electron chi connectivity index (χ1n) is 5.70. The van der Waals surface area contributed by atoms with Gasteiger partial charge in [0.05, 0.1) is 12.3 Å². The Balaban J connectivity index is 2.60. The highest BCUT2D eigenvalue weighted by atomic mass is 35.7. The minimum Gasteiger partial charge on any atom is -0.461 e. The summed E-state index contributed by atoms with van der Waals surface area (Å²) in [5.74, 6) is -0.671. The Hall–Kier alpha value is -1.86. The molecule has 8 heteroatoms. The van der Waals surface area contributed by atoms with Crippen LogP contribution in [0.5, 0.6) is 0 Å². The van der Waals surface area contributed by atoms with Crippen molar-refractivity contribution in [2.24, 2.45) is 0 Å². The lowest BCUT2D eigenvalue weighted by Gasteiger charge is -2.06. The van der Waals surface area contributed by atoms with Gasteiger partial charge in [0.1, 0.15) is 0 Å². The predicted octanol–water partition coefficient (Wildman–Crippen LogP) is 1.98. The lowest BCUT2D eigenvalue weighted by Crippen LogP contribution is -2.11. The zero-order valence-corrected chi connectivity index (χ0v) is 12.1. The molecule has 2 rings (SSSR count). The van der Waals surface area contributed by atoms with Gasteiger partial charge in [-0.2, -0.15) is 5.10 Å². The Morgan fingerprint density at radius 1 is 1.35 bits per heavy atom. The molecule has 0 aliphatic heterocycles. The molecule has 0 aliphatic carbocycles. The second-order valence-electron chi connectivity index (χ2n) is 3.77. The van der Waals surface area contributed by atoms with E-state index in [1.54, 1.807) is 37.3 Å². The molecule has 1 aromatic carbocycles. The third-order valence-corrected chi connectivity index (χ3v) is 3.60. The van der Waals surface area contributed by atoms with Crippen molar-refractivity contribution in [3.63, 3.8) is 0 Å². The number of halogens is 1. The summed E-state index contributed by atoms with van der Waals surface area (Å²) in [6, 6.07) is 9.71. The number of carbonyl (C=O) groups excluding carboxylic acids is 1. The third-order valence-electron chi connectivity index (χ3n) is 2.42. The minimum atomic E-state index is -4.03. The predicted molar refractivity (Wildman–Crippen MR) is 72.6 cm³/mol. The van der Waals surface area contributed by atoms with Crippen LogP contribution in [0.2, 0.25) is 0 Å². The minimum absolute atomic E-state index is 0.00252. The van der Waals surface area contributed by atoms with E-state index < -0.39 is 20.0 Å². The number of ether oxygens (including phenoxy) is 1. The molecule has 0 spiro atoms. The Morgan fingerprint density at radius 2 is 2.00 bits per heavy atom. The van der Waals surface area contributed by atoms with Crippen LogP contribution in [0.25, 0.3) is 5.69 Å². The number of rotatable bonds is 4. The molecule has 0 saturated carbocycles. The van der Waals surface area contributed by atoms with Gasteiger partial charge in [0.15, 0.2) is 10.7 Å². The molecular weight excluding hydrogens is 304 g/mol. The summed E-state index contributed by atoms with van der Waals surface area (Å²) >= 11 is 0. The van der Waals surface area contributed by atoms with Gasteiger partial charge in [-0.15, -0.1) is 0 Å². The fourth-order valence-electron chi connectivity index (χ4n) is 1.59. The van der Waals surface area contributed by atoms with Crippen molar-refractivity contribution < 1.29 is 17.9 Å². The molecule has 0 unspecified atom stereocenters. The second kappa shape index (κ2) is 5.64. The van der Waals surface area contributed by atoms with Crippen LogP contribution in [0.4, 0.5) is 0 Å². The number of para-hydroxylation sites is 1. The summed E-state index contributed by atoms with van der Waals surface area (Å²) in [5.41, 5.74) is 0.527. The average molecular weight is 315 g/mol.